The summed E-state index contributed by atoms with van der Waals surface area (Å²) >= 11 is 6.28. The first-order chi connectivity index (χ1) is 12.6. The molecular formula is C19H23ClFN3O2. The van der Waals surface area contributed by atoms with Gasteiger partial charge in [-0.05, 0) is 30.7 Å². The van der Waals surface area contributed by atoms with Crippen molar-refractivity contribution in [2.45, 2.75) is 20.0 Å². The number of halogens is 2. The zero-order chi connectivity index (χ0) is 18.9. The highest BCUT2D eigenvalue weighted by atomic mass is 35.5. The van der Waals surface area contributed by atoms with Gasteiger partial charge in [0.25, 0.3) is 0 Å². The molecule has 0 unspecified atom stereocenters. The number of methoxy groups -OCH3 is 1. The molecule has 2 aromatic carbocycles. The van der Waals surface area contributed by atoms with Gasteiger partial charge < -0.3 is 20.1 Å². The smallest absolute Gasteiger partial charge is 0.191 e. The highest BCUT2D eigenvalue weighted by Crippen LogP contribution is 2.36. The summed E-state index contributed by atoms with van der Waals surface area (Å²) < 4.78 is 24.5. The lowest BCUT2D eigenvalue weighted by molar-refractivity contribution is 0.311. The average Bonchev–Trinajstić information content (AvgIpc) is 2.65. The molecular weight excluding hydrogens is 357 g/mol. The van der Waals surface area contributed by atoms with Crippen LogP contribution in [0, 0.1) is 5.82 Å². The lowest BCUT2D eigenvalue weighted by Crippen LogP contribution is -2.36. The SMILES string of the molecule is CCOc1c(Cl)cc(CNC(=NC)NCc2ccccc2F)cc1OC. The van der Waals surface area contributed by atoms with Gasteiger partial charge in [-0.15, -0.1) is 0 Å². The first-order valence-corrected chi connectivity index (χ1v) is 8.64. The fraction of sp³-hybridized carbons (Fsp3) is 0.316. The van der Waals surface area contributed by atoms with Crippen LogP contribution in [0.5, 0.6) is 11.5 Å². The Labute approximate surface area is 158 Å². The summed E-state index contributed by atoms with van der Waals surface area (Å²) in [6.07, 6.45) is 0. The van der Waals surface area contributed by atoms with Crippen molar-refractivity contribution in [3.05, 3.63) is 58.4 Å². The van der Waals surface area contributed by atoms with Crippen LogP contribution >= 0.6 is 11.6 Å². The van der Waals surface area contributed by atoms with E-state index in [9.17, 15) is 4.39 Å². The Morgan fingerprint density at radius 1 is 1.19 bits per heavy atom. The summed E-state index contributed by atoms with van der Waals surface area (Å²) in [5.41, 5.74) is 1.48. The quantitative estimate of drug-likeness (QED) is 0.568. The van der Waals surface area contributed by atoms with Crippen LogP contribution in [0.25, 0.3) is 0 Å². The van der Waals surface area contributed by atoms with Crippen LogP contribution in [0.2, 0.25) is 5.02 Å². The molecule has 0 aromatic heterocycles. The molecule has 7 heteroatoms. The first-order valence-electron chi connectivity index (χ1n) is 8.26. The minimum Gasteiger partial charge on any atom is -0.493 e. The number of ether oxygens (including phenoxy) is 2. The summed E-state index contributed by atoms with van der Waals surface area (Å²) in [4.78, 5) is 4.14. The number of hydrogen-bond donors (Lipinski definition) is 2. The third kappa shape index (κ3) is 5.26. The molecule has 0 aliphatic heterocycles. The highest BCUT2D eigenvalue weighted by Gasteiger charge is 2.12. The van der Waals surface area contributed by atoms with E-state index in [1.54, 1.807) is 32.4 Å². The second-order valence-electron chi connectivity index (χ2n) is 5.41. The Kier molecular flexibility index (Phi) is 7.53. The summed E-state index contributed by atoms with van der Waals surface area (Å²) in [5, 5.41) is 6.73. The van der Waals surface area contributed by atoms with Crippen molar-refractivity contribution in [2.75, 3.05) is 20.8 Å². The molecule has 0 radical (unpaired) electrons. The van der Waals surface area contributed by atoms with E-state index in [2.05, 4.69) is 15.6 Å². The van der Waals surface area contributed by atoms with Crippen LogP contribution in [-0.2, 0) is 13.1 Å². The number of nitrogens with zero attached hydrogens (tertiary/aromatic N) is 1. The standard InChI is InChI=1S/C19H23ClFN3O2/c1-4-26-18-15(20)9-13(10-17(18)25-3)11-23-19(22-2)24-12-14-7-5-6-8-16(14)21/h5-10H,4,11-12H2,1-3H3,(H2,22,23,24). The first kappa shape index (κ1) is 19.8. The summed E-state index contributed by atoms with van der Waals surface area (Å²) in [5.74, 6) is 1.41. The topological polar surface area (TPSA) is 54.9 Å². The number of aliphatic imine (C=N–C) groups is 1. The third-order valence-electron chi connectivity index (χ3n) is 3.67. The number of hydrogen-bond acceptors (Lipinski definition) is 3. The summed E-state index contributed by atoms with van der Waals surface area (Å²) in [6.45, 7) is 3.19. The number of nitrogens with one attached hydrogen (secondary N) is 2. The van der Waals surface area contributed by atoms with Gasteiger partial charge >= 0.3 is 0 Å². The zero-order valence-electron chi connectivity index (χ0n) is 15.1. The van der Waals surface area contributed by atoms with Gasteiger partial charge in [0.2, 0.25) is 0 Å². The van der Waals surface area contributed by atoms with E-state index >= 15 is 0 Å². The van der Waals surface area contributed by atoms with Crippen molar-refractivity contribution >= 4 is 17.6 Å². The van der Waals surface area contributed by atoms with E-state index < -0.39 is 0 Å². The van der Waals surface area contributed by atoms with E-state index in [0.29, 0.717) is 47.7 Å². The summed E-state index contributed by atoms with van der Waals surface area (Å²) in [7, 11) is 3.22. The van der Waals surface area contributed by atoms with Gasteiger partial charge in [-0.2, -0.15) is 0 Å². The third-order valence-corrected chi connectivity index (χ3v) is 3.95. The van der Waals surface area contributed by atoms with Gasteiger partial charge in [-0.3, -0.25) is 4.99 Å². The van der Waals surface area contributed by atoms with Crippen LogP contribution in [-0.4, -0.2) is 26.7 Å². The molecule has 0 bridgehead atoms. The van der Waals surface area contributed by atoms with Crippen molar-refractivity contribution in [1.29, 1.82) is 0 Å². The van der Waals surface area contributed by atoms with Gasteiger partial charge in [0, 0.05) is 25.7 Å². The van der Waals surface area contributed by atoms with Crippen LogP contribution in [0.15, 0.2) is 41.4 Å². The van der Waals surface area contributed by atoms with Crippen LogP contribution in [0.4, 0.5) is 4.39 Å². The maximum atomic E-state index is 13.7. The Bertz CT molecular complexity index is 768. The Morgan fingerprint density at radius 2 is 1.92 bits per heavy atom. The fourth-order valence-corrected chi connectivity index (χ4v) is 2.67. The van der Waals surface area contributed by atoms with Gasteiger partial charge in [0.15, 0.2) is 17.5 Å². The zero-order valence-corrected chi connectivity index (χ0v) is 15.9. The van der Waals surface area contributed by atoms with Gasteiger partial charge in [-0.1, -0.05) is 29.8 Å². The molecule has 140 valence electrons. The van der Waals surface area contributed by atoms with Crippen LogP contribution < -0.4 is 20.1 Å². The molecule has 0 aliphatic rings. The predicted octanol–water partition coefficient (Wildman–Crippen LogP) is 3.75. The van der Waals surface area contributed by atoms with E-state index in [0.717, 1.165) is 5.56 Å². The molecule has 2 N–H and O–H groups in total. The second-order valence-corrected chi connectivity index (χ2v) is 5.82. The average molecular weight is 380 g/mol. The van der Waals surface area contributed by atoms with E-state index in [1.165, 1.54) is 6.07 Å². The molecule has 0 spiro atoms. The van der Waals surface area contributed by atoms with Gasteiger partial charge in [0.05, 0.1) is 18.7 Å². The minimum absolute atomic E-state index is 0.251. The normalized spacial score (nSPS) is 11.2. The Morgan fingerprint density at radius 3 is 2.58 bits per heavy atom. The van der Waals surface area contributed by atoms with E-state index in [1.807, 2.05) is 19.1 Å². The summed E-state index contributed by atoms with van der Waals surface area (Å²) in [6, 6.07) is 10.3. The minimum atomic E-state index is -0.251. The molecule has 0 heterocycles. The van der Waals surface area contributed by atoms with Crippen LogP contribution in [0.1, 0.15) is 18.1 Å². The monoisotopic (exact) mass is 379 g/mol. The molecule has 2 rings (SSSR count). The molecule has 0 saturated carbocycles. The van der Waals surface area contributed by atoms with Crippen LogP contribution in [0.3, 0.4) is 0 Å². The van der Waals surface area contributed by atoms with E-state index in [4.69, 9.17) is 21.1 Å². The molecule has 26 heavy (non-hydrogen) atoms. The lowest BCUT2D eigenvalue weighted by atomic mass is 10.2. The molecule has 0 aliphatic carbocycles. The molecule has 2 aromatic rings. The Hall–Kier alpha value is -2.47. The maximum absolute atomic E-state index is 13.7. The molecule has 0 fully saturated rings. The molecule has 0 saturated heterocycles. The Balaban J connectivity index is 2.00. The fourth-order valence-electron chi connectivity index (χ4n) is 2.39. The maximum Gasteiger partial charge on any atom is 0.191 e. The predicted molar refractivity (Wildman–Crippen MR) is 103 cm³/mol. The van der Waals surface area contributed by atoms with Gasteiger partial charge in [0.1, 0.15) is 5.82 Å². The van der Waals surface area contributed by atoms with E-state index in [-0.39, 0.29) is 5.82 Å². The molecule has 0 atom stereocenters. The number of guanidine groups is 1. The highest BCUT2D eigenvalue weighted by molar-refractivity contribution is 6.32. The molecule has 5 nitrogen and oxygen atoms in total. The number of benzene rings is 2. The van der Waals surface area contributed by atoms with Crippen molar-refractivity contribution in [2.24, 2.45) is 4.99 Å². The molecule has 0 amide bonds. The second kappa shape index (κ2) is 9.87. The van der Waals surface area contributed by atoms with Crippen molar-refractivity contribution in [3.8, 4) is 11.5 Å². The van der Waals surface area contributed by atoms with Crippen molar-refractivity contribution in [1.82, 2.24) is 10.6 Å². The lowest BCUT2D eigenvalue weighted by Gasteiger charge is -2.15. The van der Waals surface area contributed by atoms with Gasteiger partial charge in [-0.25, -0.2) is 4.39 Å². The largest absolute Gasteiger partial charge is 0.493 e. The van der Waals surface area contributed by atoms with Crippen molar-refractivity contribution < 1.29 is 13.9 Å². The number of rotatable bonds is 7. The van der Waals surface area contributed by atoms with Crippen molar-refractivity contribution in [3.63, 3.8) is 0 Å².